The molecule has 1 aromatic carbocycles. The maximum absolute atomic E-state index is 12.2. The van der Waals surface area contributed by atoms with E-state index in [1.54, 1.807) is 4.90 Å². The Balaban J connectivity index is 2.43. The van der Waals surface area contributed by atoms with Crippen LogP contribution in [0, 0.1) is 0 Å². The van der Waals surface area contributed by atoms with Crippen molar-refractivity contribution < 1.29 is 9.53 Å². The lowest BCUT2D eigenvalue weighted by Crippen LogP contribution is -2.44. The molecule has 0 fully saturated rings. The minimum atomic E-state index is -0.464. The van der Waals surface area contributed by atoms with Crippen LogP contribution in [0.2, 0.25) is 0 Å². The molecular weight excluding hydrogens is 344 g/mol. The third kappa shape index (κ3) is 7.27. The molecule has 0 saturated carbocycles. The first-order chi connectivity index (χ1) is 10.2. The van der Waals surface area contributed by atoms with Crippen LogP contribution in [0.5, 0.6) is 0 Å². The molecule has 1 rings (SSSR count). The number of ether oxygens (including phenoxy) is 1. The van der Waals surface area contributed by atoms with Gasteiger partial charge in [-0.2, -0.15) is 0 Å². The molecule has 0 aliphatic heterocycles. The number of benzene rings is 1. The summed E-state index contributed by atoms with van der Waals surface area (Å²) in [4.78, 5) is 13.9. The van der Waals surface area contributed by atoms with Crippen molar-refractivity contribution >= 4 is 22.0 Å². The zero-order valence-electron chi connectivity index (χ0n) is 14.1. The van der Waals surface area contributed by atoms with E-state index in [0.29, 0.717) is 6.54 Å². The molecule has 0 saturated heterocycles. The summed E-state index contributed by atoms with van der Waals surface area (Å²) in [5.41, 5.74) is 0.747. The molecule has 0 atom stereocenters. The molecule has 0 spiro atoms. The Morgan fingerprint density at radius 2 is 2.05 bits per heavy atom. The van der Waals surface area contributed by atoms with Crippen LogP contribution in [-0.4, -0.2) is 35.7 Å². The minimum absolute atomic E-state index is 0.113. The van der Waals surface area contributed by atoms with Crippen LogP contribution < -0.4 is 5.32 Å². The number of hydrogen-bond donors (Lipinski definition) is 1. The smallest absolute Gasteiger partial charge is 0.410 e. The predicted molar refractivity (Wildman–Crippen MR) is 93.9 cm³/mol. The second kappa shape index (κ2) is 8.53. The molecule has 1 N–H and O–H groups in total. The molecule has 0 heterocycles. The molecule has 5 heteroatoms. The Morgan fingerprint density at radius 1 is 1.36 bits per heavy atom. The second-order valence-corrected chi connectivity index (χ2v) is 7.49. The quantitative estimate of drug-likeness (QED) is 0.763. The highest BCUT2D eigenvalue weighted by Gasteiger charge is 2.23. The third-order valence-corrected chi connectivity index (χ3v) is 3.49. The summed E-state index contributed by atoms with van der Waals surface area (Å²) < 4.78 is 6.52. The molecule has 1 aromatic rings. The van der Waals surface area contributed by atoms with Gasteiger partial charge in [-0.15, -0.1) is 0 Å². The van der Waals surface area contributed by atoms with Gasteiger partial charge in [-0.05, 0) is 52.3 Å². The maximum Gasteiger partial charge on any atom is 0.410 e. The molecule has 0 bridgehead atoms. The number of amides is 1. The number of nitrogens with one attached hydrogen (secondary N) is 1. The van der Waals surface area contributed by atoms with Crippen molar-refractivity contribution in [1.29, 1.82) is 0 Å². The van der Waals surface area contributed by atoms with E-state index in [-0.39, 0.29) is 12.1 Å². The topological polar surface area (TPSA) is 41.6 Å². The van der Waals surface area contributed by atoms with Gasteiger partial charge in [0.1, 0.15) is 5.60 Å². The third-order valence-electron chi connectivity index (χ3n) is 3.00. The number of rotatable bonds is 6. The number of hydrogen-bond acceptors (Lipinski definition) is 3. The van der Waals surface area contributed by atoms with E-state index in [2.05, 4.69) is 33.4 Å². The fourth-order valence-corrected chi connectivity index (χ4v) is 2.41. The van der Waals surface area contributed by atoms with E-state index in [0.717, 1.165) is 17.6 Å². The van der Waals surface area contributed by atoms with Crippen LogP contribution in [0.4, 0.5) is 4.79 Å². The molecule has 124 valence electrons. The predicted octanol–water partition coefficient (Wildman–Crippen LogP) is 4.18. The van der Waals surface area contributed by atoms with E-state index >= 15 is 0 Å². The normalized spacial score (nSPS) is 11.6. The Hall–Kier alpha value is -1.07. The number of carbonyl (C=O) groups is 1. The summed E-state index contributed by atoms with van der Waals surface area (Å²) in [6, 6.07) is 8.30. The van der Waals surface area contributed by atoms with E-state index in [9.17, 15) is 4.79 Å². The van der Waals surface area contributed by atoms with Gasteiger partial charge in [0.2, 0.25) is 0 Å². The van der Waals surface area contributed by atoms with Crippen molar-refractivity contribution in [1.82, 2.24) is 10.2 Å². The number of halogens is 1. The van der Waals surface area contributed by atoms with Gasteiger partial charge >= 0.3 is 6.09 Å². The first kappa shape index (κ1) is 19.0. The van der Waals surface area contributed by atoms with Crippen molar-refractivity contribution in [2.45, 2.75) is 52.8 Å². The lowest BCUT2D eigenvalue weighted by Gasteiger charge is -2.30. The maximum atomic E-state index is 12.2. The standard InChI is InChI=1S/C17H27BrN2O2/c1-13(2)20(16(21)22-17(3,4)5)10-9-19-12-14-7-6-8-15(18)11-14/h6-8,11,13,19H,9-10,12H2,1-5H3. The van der Waals surface area contributed by atoms with E-state index in [1.807, 2.05) is 46.8 Å². The summed E-state index contributed by atoms with van der Waals surface area (Å²) in [5, 5.41) is 3.36. The van der Waals surface area contributed by atoms with Crippen LogP contribution in [-0.2, 0) is 11.3 Å². The molecule has 4 nitrogen and oxygen atoms in total. The summed E-state index contributed by atoms with van der Waals surface area (Å²) in [6.07, 6.45) is -0.258. The van der Waals surface area contributed by atoms with Gasteiger partial charge in [0, 0.05) is 30.1 Å². The largest absolute Gasteiger partial charge is 0.444 e. The average molecular weight is 371 g/mol. The highest BCUT2D eigenvalue weighted by atomic mass is 79.9. The van der Waals surface area contributed by atoms with Crippen LogP contribution in [0.3, 0.4) is 0 Å². The molecule has 0 aromatic heterocycles. The first-order valence-electron chi connectivity index (χ1n) is 7.64. The Labute approximate surface area is 142 Å². The lowest BCUT2D eigenvalue weighted by molar-refractivity contribution is 0.0193. The van der Waals surface area contributed by atoms with Crippen LogP contribution in [0.1, 0.15) is 40.2 Å². The molecule has 1 amide bonds. The zero-order valence-corrected chi connectivity index (χ0v) is 15.7. The van der Waals surface area contributed by atoms with Crippen molar-refractivity contribution in [3.05, 3.63) is 34.3 Å². The number of nitrogens with zero attached hydrogens (tertiary/aromatic N) is 1. The second-order valence-electron chi connectivity index (χ2n) is 6.57. The Morgan fingerprint density at radius 3 is 2.59 bits per heavy atom. The van der Waals surface area contributed by atoms with Crippen LogP contribution >= 0.6 is 15.9 Å². The molecular formula is C17H27BrN2O2. The van der Waals surface area contributed by atoms with E-state index < -0.39 is 5.60 Å². The molecule has 0 radical (unpaired) electrons. The van der Waals surface area contributed by atoms with Crippen molar-refractivity contribution in [3.63, 3.8) is 0 Å². The SMILES string of the molecule is CC(C)N(CCNCc1cccc(Br)c1)C(=O)OC(C)(C)C. The van der Waals surface area contributed by atoms with Gasteiger partial charge in [-0.3, -0.25) is 0 Å². The summed E-state index contributed by atoms with van der Waals surface area (Å²) in [7, 11) is 0. The van der Waals surface area contributed by atoms with Crippen LogP contribution in [0.15, 0.2) is 28.7 Å². The zero-order chi connectivity index (χ0) is 16.8. The van der Waals surface area contributed by atoms with Gasteiger partial charge in [-0.1, -0.05) is 28.1 Å². The van der Waals surface area contributed by atoms with Gasteiger partial charge < -0.3 is 15.0 Å². The van der Waals surface area contributed by atoms with Gasteiger partial charge in [-0.25, -0.2) is 4.79 Å². The van der Waals surface area contributed by atoms with Crippen molar-refractivity contribution in [2.75, 3.05) is 13.1 Å². The van der Waals surface area contributed by atoms with Gasteiger partial charge in [0.15, 0.2) is 0 Å². The molecule has 22 heavy (non-hydrogen) atoms. The summed E-state index contributed by atoms with van der Waals surface area (Å²) in [5.74, 6) is 0. The fourth-order valence-electron chi connectivity index (χ4n) is 1.96. The lowest BCUT2D eigenvalue weighted by atomic mass is 10.2. The van der Waals surface area contributed by atoms with Gasteiger partial charge in [0.25, 0.3) is 0 Å². The minimum Gasteiger partial charge on any atom is -0.444 e. The highest BCUT2D eigenvalue weighted by molar-refractivity contribution is 9.10. The fraction of sp³-hybridized carbons (Fsp3) is 0.588. The van der Waals surface area contributed by atoms with E-state index in [4.69, 9.17) is 4.74 Å². The number of carbonyl (C=O) groups excluding carboxylic acids is 1. The molecule has 0 aliphatic carbocycles. The van der Waals surface area contributed by atoms with E-state index in [1.165, 1.54) is 5.56 Å². The van der Waals surface area contributed by atoms with Gasteiger partial charge in [0.05, 0.1) is 0 Å². The monoisotopic (exact) mass is 370 g/mol. The van der Waals surface area contributed by atoms with Crippen LogP contribution in [0.25, 0.3) is 0 Å². The summed E-state index contributed by atoms with van der Waals surface area (Å²) >= 11 is 3.46. The first-order valence-corrected chi connectivity index (χ1v) is 8.43. The highest BCUT2D eigenvalue weighted by Crippen LogP contribution is 2.12. The van der Waals surface area contributed by atoms with Crippen molar-refractivity contribution in [2.24, 2.45) is 0 Å². The Bertz CT molecular complexity index is 484. The summed E-state index contributed by atoms with van der Waals surface area (Å²) in [6.45, 7) is 11.8. The Kier molecular flexibility index (Phi) is 7.36. The average Bonchev–Trinajstić information content (AvgIpc) is 2.35. The molecule has 0 aliphatic rings. The molecule has 0 unspecified atom stereocenters. The van der Waals surface area contributed by atoms with Crippen molar-refractivity contribution in [3.8, 4) is 0 Å².